The van der Waals surface area contributed by atoms with Crippen molar-refractivity contribution in [3.8, 4) is 0 Å². The topological polar surface area (TPSA) is 15.3 Å². The highest BCUT2D eigenvalue weighted by molar-refractivity contribution is 4.97. The molecule has 0 rings (SSSR count). The molecule has 0 spiro atoms. The van der Waals surface area contributed by atoms with Gasteiger partial charge in [-0.05, 0) is 27.0 Å². The molecule has 0 aromatic carbocycles. The number of rotatable bonds is 5. The Balaban J connectivity index is 4.03. The van der Waals surface area contributed by atoms with Gasteiger partial charge in [-0.3, -0.25) is 0 Å². The monoisotopic (exact) mass is 154 g/mol. The largest absolute Gasteiger partial charge is 0.372 e. The van der Waals surface area contributed by atoms with E-state index in [1.165, 1.54) is 0 Å². The van der Waals surface area contributed by atoms with E-state index in [-0.39, 0.29) is 0 Å². The predicted molar refractivity (Wildman–Crippen MR) is 50.0 cm³/mol. The first-order valence-corrected chi connectivity index (χ1v) is 3.97. The molecule has 0 saturated heterocycles. The molecular formula is C9H18N2. The smallest absolute Gasteiger partial charge is 0.0981 e. The van der Waals surface area contributed by atoms with E-state index in [0.29, 0.717) is 6.04 Å². The number of nitrogens with one attached hydrogen (secondary N) is 1. The molecule has 0 heterocycles. The maximum absolute atomic E-state index is 3.88. The van der Waals surface area contributed by atoms with Crippen LogP contribution >= 0.6 is 0 Å². The maximum Gasteiger partial charge on any atom is 0.0981 e. The van der Waals surface area contributed by atoms with Crippen LogP contribution in [0.3, 0.4) is 0 Å². The molecule has 0 aliphatic heterocycles. The van der Waals surface area contributed by atoms with Gasteiger partial charge in [0.2, 0.25) is 0 Å². The predicted octanol–water partition coefficient (Wildman–Crippen LogP) is 1.92. The Labute approximate surface area is 69.6 Å². The van der Waals surface area contributed by atoms with E-state index in [0.717, 1.165) is 12.4 Å². The first-order valence-electron chi connectivity index (χ1n) is 3.97. The van der Waals surface area contributed by atoms with Gasteiger partial charge in [-0.1, -0.05) is 13.2 Å². The van der Waals surface area contributed by atoms with Crippen LogP contribution in [0.1, 0.15) is 20.8 Å². The molecule has 1 N–H and O–H groups in total. The first-order chi connectivity index (χ1) is 5.13. The summed E-state index contributed by atoms with van der Waals surface area (Å²) in [7, 11) is 0. The molecule has 0 aliphatic carbocycles. The average Bonchev–Trinajstić information content (AvgIpc) is 1.88. The Morgan fingerprint density at radius 3 is 2.45 bits per heavy atom. The van der Waals surface area contributed by atoms with Gasteiger partial charge in [0.15, 0.2) is 0 Å². The number of hydrogen-bond donors (Lipinski definition) is 1. The lowest BCUT2D eigenvalue weighted by Gasteiger charge is -2.26. The third-order valence-electron chi connectivity index (χ3n) is 1.45. The van der Waals surface area contributed by atoms with E-state index in [9.17, 15) is 0 Å². The fraction of sp³-hybridized carbons (Fsp3) is 0.556. The van der Waals surface area contributed by atoms with Gasteiger partial charge in [0, 0.05) is 12.6 Å². The third kappa shape index (κ3) is 3.12. The van der Waals surface area contributed by atoms with E-state index >= 15 is 0 Å². The highest BCUT2D eigenvalue weighted by Crippen LogP contribution is 2.03. The molecule has 0 unspecified atom stereocenters. The fourth-order valence-corrected chi connectivity index (χ4v) is 0.928. The maximum atomic E-state index is 3.88. The Kier molecular flexibility index (Phi) is 4.42. The van der Waals surface area contributed by atoms with Gasteiger partial charge < -0.3 is 10.2 Å². The molecular weight excluding hydrogens is 136 g/mol. The molecule has 0 amide bonds. The second kappa shape index (κ2) is 4.83. The van der Waals surface area contributed by atoms with Crippen LogP contribution in [0.25, 0.3) is 0 Å². The summed E-state index contributed by atoms with van der Waals surface area (Å²) < 4.78 is 0. The van der Waals surface area contributed by atoms with Crippen molar-refractivity contribution in [1.29, 1.82) is 0 Å². The molecule has 0 fully saturated rings. The van der Waals surface area contributed by atoms with Crippen LogP contribution in [0.5, 0.6) is 0 Å². The number of hydrogen-bond acceptors (Lipinski definition) is 2. The van der Waals surface area contributed by atoms with E-state index in [4.69, 9.17) is 0 Å². The summed E-state index contributed by atoms with van der Waals surface area (Å²) in [5.41, 5.74) is 0. The van der Waals surface area contributed by atoms with Crippen LogP contribution in [0.4, 0.5) is 0 Å². The summed E-state index contributed by atoms with van der Waals surface area (Å²) in [6, 6.07) is 0.416. The lowest BCUT2D eigenvalue weighted by Crippen LogP contribution is -2.31. The molecule has 0 saturated carbocycles. The highest BCUT2D eigenvalue weighted by Gasteiger charge is 2.05. The van der Waals surface area contributed by atoms with Gasteiger partial charge in [0.05, 0.1) is 5.82 Å². The van der Waals surface area contributed by atoms with Gasteiger partial charge in [0.1, 0.15) is 0 Å². The standard InChI is InChI=1S/C9H18N2/c1-6-10-9(5)11(7-2)8(3)4/h7-8,10H,2,5-6H2,1,3-4H3. The van der Waals surface area contributed by atoms with Crippen molar-refractivity contribution in [3.05, 3.63) is 25.2 Å². The zero-order valence-corrected chi connectivity index (χ0v) is 7.72. The molecule has 0 aromatic rings. The molecule has 0 radical (unpaired) electrons. The Bertz CT molecular complexity index is 138. The lowest BCUT2D eigenvalue weighted by atomic mass is 10.3. The molecule has 0 aliphatic rings. The van der Waals surface area contributed by atoms with Gasteiger partial charge in [-0.15, -0.1) is 0 Å². The van der Waals surface area contributed by atoms with Gasteiger partial charge in [-0.25, -0.2) is 0 Å². The Morgan fingerprint density at radius 1 is 1.64 bits per heavy atom. The molecule has 0 aromatic heterocycles. The second-order valence-electron chi connectivity index (χ2n) is 2.66. The van der Waals surface area contributed by atoms with Crippen molar-refractivity contribution in [2.24, 2.45) is 0 Å². The van der Waals surface area contributed by atoms with Crippen LogP contribution < -0.4 is 5.32 Å². The van der Waals surface area contributed by atoms with Gasteiger partial charge in [-0.2, -0.15) is 0 Å². The molecule has 2 nitrogen and oxygen atoms in total. The van der Waals surface area contributed by atoms with Crippen molar-refractivity contribution < 1.29 is 0 Å². The quantitative estimate of drug-likeness (QED) is 0.651. The van der Waals surface area contributed by atoms with Crippen LogP contribution in [0.2, 0.25) is 0 Å². The van der Waals surface area contributed by atoms with E-state index < -0.39 is 0 Å². The second-order valence-corrected chi connectivity index (χ2v) is 2.66. The van der Waals surface area contributed by atoms with E-state index in [2.05, 4.69) is 32.3 Å². The molecule has 11 heavy (non-hydrogen) atoms. The van der Waals surface area contributed by atoms with Crippen LogP contribution in [0, 0.1) is 0 Å². The minimum Gasteiger partial charge on any atom is -0.372 e. The Hall–Kier alpha value is -0.920. The zero-order chi connectivity index (χ0) is 8.85. The normalized spacial score (nSPS) is 9.45. The lowest BCUT2D eigenvalue weighted by molar-refractivity contribution is 0.361. The molecule has 0 atom stereocenters. The summed E-state index contributed by atoms with van der Waals surface area (Å²) in [4.78, 5) is 2.00. The minimum atomic E-state index is 0.416. The van der Waals surface area contributed by atoms with Crippen molar-refractivity contribution in [2.45, 2.75) is 26.8 Å². The zero-order valence-electron chi connectivity index (χ0n) is 7.72. The van der Waals surface area contributed by atoms with Crippen LogP contribution in [-0.2, 0) is 0 Å². The molecule has 64 valence electrons. The summed E-state index contributed by atoms with van der Waals surface area (Å²) in [6.07, 6.45) is 1.79. The van der Waals surface area contributed by atoms with Crippen LogP contribution in [0.15, 0.2) is 25.2 Å². The fourth-order valence-electron chi connectivity index (χ4n) is 0.928. The summed E-state index contributed by atoms with van der Waals surface area (Å²) in [5, 5.41) is 3.14. The van der Waals surface area contributed by atoms with Crippen molar-refractivity contribution in [2.75, 3.05) is 6.54 Å². The third-order valence-corrected chi connectivity index (χ3v) is 1.45. The van der Waals surface area contributed by atoms with E-state index in [1.807, 2.05) is 11.8 Å². The van der Waals surface area contributed by atoms with E-state index in [1.54, 1.807) is 6.20 Å². The SMILES string of the molecule is C=CN(C(=C)NCC)C(C)C. The highest BCUT2D eigenvalue weighted by atomic mass is 15.2. The van der Waals surface area contributed by atoms with Crippen molar-refractivity contribution in [1.82, 2.24) is 10.2 Å². The minimum absolute atomic E-state index is 0.416. The summed E-state index contributed by atoms with van der Waals surface area (Å²) in [6.45, 7) is 14.7. The van der Waals surface area contributed by atoms with Crippen molar-refractivity contribution in [3.63, 3.8) is 0 Å². The summed E-state index contributed by atoms with van der Waals surface area (Å²) in [5.74, 6) is 0.914. The van der Waals surface area contributed by atoms with Gasteiger partial charge >= 0.3 is 0 Å². The van der Waals surface area contributed by atoms with Crippen molar-refractivity contribution >= 4 is 0 Å². The average molecular weight is 154 g/mol. The van der Waals surface area contributed by atoms with Gasteiger partial charge in [0.25, 0.3) is 0 Å². The Morgan fingerprint density at radius 2 is 2.18 bits per heavy atom. The number of nitrogens with zero attached hydrogens (tertiary/aromatic N) is 1. The molecule has 0 bridgehead atoms. The summed E-state index contributed by atoms with van der Waals surface area (Å²) >= 11 is 0. The first kappa shape index (κ1) is 10.1. The molecule has 2 heteroatoms. The van der Waals surface area contributed by atoms with Crippen LogP contribution in [-0.4, -0.2) is 17.5 Å².